The lowest BCUT2D eigenvalue weighted by Crippen LogP contribution is -2.34. The van der Waals surface area contributed by atoms with E-state index in [4.69, 9.17) is 4.98 Å². The summed E-state index contributed by atoms with van der Waals surface area (Å²) in [5.41, 5.74) is 3.31. The van der Waals surface area contributed by atoms with Crippen LogP contribution in [0.15, 0.2) is 84.9 Å². The minimum Gasteiger partial charge on any atom is -0.348 e. The molecule has 0 saturated heterocycles. The van der Waals surface area contributed by atoms with Crippen LogP contribution < -0.4 is 10.6 Å². The minimum absolute atomic E-state index is 0.108. The standard InChI is InChI=1S/C28H30N4O2S/c1-20(21-11-5-3-6-12-21)29-26(33)19-32-25-16-10-9-15-23(25)30-27(32)24(17-18-35-2)31-28(34)22-13-7-4-8-14-22/h3-16,20,24H,17-19H2,1-2H3,(H,29,33)(H,31,34)/t20-,24+/m1/s1. The van der Waals surface area contributed by atoms with Crippen molar-refractivity contribution in [3.63, 3.8) is 0 Å². The fourth-order valence-electron chi connectivity index (χ4n) is 4.11. The van der Waals surface area contributed by atoms with Crippen LogP contribution in [-0.4, -0.2) is 33.4 Å². The molecule has 180 valence electrons. The average molecular weight is 487 g/mol. The van der Waals surface area contributed by atoms with E-state index in [0.29, 0.717) is 17.8 Å². The quantitative estimate of drug-likeness (QED) is 0.326. The molecule has 3 aromatic carbocycles. The smallest absolute Gasteiger partial charge is 0.251 e. The van der Waals surface area contributed by atoms with E-state index >= 15 is 0 Å². The Morgan fingerprint density at radius 2 is 1.57 bits per heavy atom. The maximum atomic E-state index is 13.1. The molecule has 2 N–H and O–H groups in total. The van der Waals surface area contributed by atoms with E-state index in [9.17, 15) is 9.59 Å². The lowest BCUT2D eigenvalue weighted by atomic mass is 10.1. The number of aromatic nitrogens is 2. The van der Waals surface area contributed by atoms with Crippen LogP contribution in [0.25, 0.3) is 11.0 Å². The average Bonchev–Trinajstić information content (AvgIpc) is 3.25. The van der Waals surface area contributed by atoms with Crippen molar-refractivity contribution in [1.29, 1.82) is 0 Å². The first-order valence-electron chi connectivity index (χ1n) is 11.7. The third-order valence-electron chi connectivity index (χ3n) is 5.93. The summed E-state index contributed by atoms with van der Waals surface area (Å²) in [6.45, 7) is 2.09. The van der Waals surface area contributed by atoms with Crippen LogP contribution >= 0.6 is 11.8 Å². The predicted octanol–water partition coefficient (Wildman–Crippen LogP) is 5.14. The van der Waals surface area contributed by atoms with Gasteiger partial charge in [0.2, 0.25) is 5.91 Å². The molecule has 6 nitrogen and oxygen atoms in total. The van der Waals surface area contributed by atoms with Gasteiger partial charge in [0.25, 0.3) is 5.91 Å². The number of imidazole rings is 1. The number of amides is 2. The topological polar surface area (TPSA) is 76.0 Å². The fourth-order valence-corrected chi connectivity index (χ4v) is 4.59. The molecular formula is C28H30N4O2S. The Kier molecular flexibility index (Phi) is 8.21. The molecule has 7 heteroatoms. The monoisotopic (exact) mass is 486 g/mol. The molecular weight excluding hydrogens is 456 g/mol. The van der Waals surface area contributed by atoms with E-state index in [1.165, 1.54) is 0 Å². The van der Waals surface area contributed by atoms with Gasteiger partial charge in [-0.15, -0.1) is 0 Å². The van der Waals surface area contributed by atoms with Crippen molar-refractivity contribution in [3.8, 4) is 0 Å². The molecule has 0 aliphatic heterocycles. The molecule has 2 amide bonds. The van der Waals surface area contributed by atoms with E-state index in [2.05, 4.69) is 10.6 Å². The predicted molar refractivity (Wildman–Crippen MR) is 142 cm³/mol. The molecule has 0 aliphatic carbocycles. The third-order valence-corrected chi connectivity index (χ3v) is 6.57. The second kappa shape index (κ2) is 11.7. The largest absolute Gasteiger partial charge is 0.348 e. The molecule has 0 saturated carbocycles. The molecule has 0 aliphatic rings. The number of thioether (sulfide) groups is 1. The zero-order valence-corrected chi connectivity index (χ0v) is 20.8. The number of carbonyl (C=O) groups excluding carboxylic acids is 2. The lowest BCUT2D eigenvalue weighted by molar-refractivity contribution is -0.122. The Morgan fingerprint density at radius 1 is 0.914 bits per heavy atom. The molecule has 4 rings (SSSR count). The Labute approximate surface area is 210 Å². The number of rotatable bonds is 10. The third kappa shape index (κ3) is 6.11. The zero-order chi connectivity index (χ0) is 24.6. The van der Waals surface area contributed by atoms with Gasteiger partial charge < -0.3 is 15.2 Å². The number of carbonyl (C=O) groups is 2. The first-order chi connectivity index (χ1) is 17.1. The van der Waals surface area contributed by atoms with Crippen molar-refractivity contribution in [2.45, 2.75) is 32.0 Å². The van der Waals surface area contributed by atoms with E-state index in [1.807, 2.05) is 90.5 Å². The van der Waals surface area contributed by atoms with Gasteiger partial charge >= 0.3 is 0 Å². The second-order valence-electron chi connectivity index (χ2n) is 8.42. The van der Waals surface area contributed by atoms with Crippen molar-refractivity contribution >= 4 is 34.6 Å². The highest BCUT2D eigenvalue weighted by molar-refractivity contribution is 7.98. The first-order valence-corrected chi connectivity index (χ1v) is 13.1. The van der Waals surface area contributed by atoms with Gasteiger partial charge in [-0.3, -0.25) is 9.59 Å². The summed E-state index contributed by atoms with van der Waals surface area (Å²) < 4.78 is 1.93. The van der Waals surface area contributed by atoms with Gasteiger partial charge in [-0.1, -0.05) is 60.7 Å². The molecule has 0 unspecified atom stereocenters. The Hall–Kier alpha value is -3.58. The van der Waals surface area contributed by atoms with Gasteiger partial charge in [0.15, 0.2) is 0 Å². The van der Waals surface area contributed by atoms with E-state index in [1.54, 1.807) is 23.9 Å². The molecule has 1 heterocycles. The van der Waals surface area contributed by atoms with Crippen LogP contribution in [0.4, 0.5) is 0 Å². The van der Waals surface area contributed by atoms with Crippen LogP contribution in [0.3, 0.4) is 0 Å². The molecule has 4 aromatic rings. The Bertz CT molecular complexity index is 1270. The highest BCUT2D eigenvalue weighted by Gasteiger charge is 2.24. The van der Waals surface area contributed by atoms with E-state index in [-0.39, 0.29) is 30.4 Å². The fraction of sp³-hybridized carbons (Fsp3) is 0.250. The zero-order valence-electron chi connectivity index (χ0n) is 20.0. The van der Waals surface area contributed by atoms with Gasteiger partial charge in [-0.25, -0.2) is 4.98 Å². The van der Waals surface area contributed by atoms with E-state index in [0.717, 1.165) is 22.3 Å². The van der Waals surface area contributed by atoms with Crippen molar-refractivity contribution in [2.75, 3.05) is 12.0 Å². The SMILES string of the molecule is CSCC[C@H](NC(=O)c1ccccc1)c1nc2ccccc2n1CC(=O)N[C@H](C)c1ccccc1. The molecule has 0 bridgehead atoms. The minimum atomic E-state index is -0.332. The van der Waals surface area contributed by atoms with Crippen molar-refractivity contribution in [2.24, 2.45) is 0 Å². The van der Waals surface area contributed by atoms with Crippen LogP contribution in [0.1, 0.15) is 47.2 Å². The summed E-state index contributed by atoms with van der Waals surface area (Å²) in [4.78, 5) is 31.0. The number of para-hydroxylation sites is 2. The summed E-state index contributed by atoms with van der Waals surface area (Å²) in [7, 11) is 0. The van der Waals surface area contributed by atoms with Crippen LogP contribution in [-0.2, 0) is 11.3 Å². The Balaban J connectivity index is 1.62. The molecule has 2 atom stereocenters. The number of hydrogen-bond donors (Lipinski definition) is 2. The maximum absolute atomic E-state index is 13.1. The summed E-state index contributed by atoms with van der Waals surface area (Å²) >= 11 is 1.71. The first kappa shape index (κ1) is 24.5. The molecule has 35 heavy (non-hydrogen) atoms. The summed E-state index contributed by atoms with van der Waals surface area (Å²) in [5, 5.41) is 6.25. The number of nitrogens with one attached hydrogen (secondary N) is 2. The number of benzene rings is 3. The number of nitrogens with zero attached hydrogens (tertiary/aromatic N) is 2. The molecule has 0 spiro atoms. The highest BCUT2D eigenvalue weighted by Crippen LogP contribution is 2.25. The van der Waals surface area contributed by atoms with Gasteiger partial charge in [-0.05, 0) is 55.2 Å². The molecule has 0 fully saturated rings. The number of hydrogen-bond acceptors (Lipinski definition) is 4. The normalized spacial score (nSPS) is 12.7. The van der Waals surface area contributed by atoms with Gasteiger partial charge in [0.05, 0.1) is 23.1 Å². The maximum Gasteiger partial charge on any atom is 0.251 e. The van der Waals surface area contributed by atoms with Crippen LogP contribution in [0.2, 0.25) is 0 Å². The van der Waals surface area contributed by atoms with Gasteiger partial charge in [0, 0.05) is 5.56 Å². The second-order valence-corrected chi connectivity index (χ2v) is 9.40. The van der Waals surface area contributed by atoms with Gasteiger partial charge in [0.1, 0.15) is 12.4 Å². The lowest BCUT2D eigenvalue weighted by Gasteiger charge is -2.21. The van der Waals surface area contributed by atoms with Crippen LogP contribution in [0.5, 0.6) is 0 Å². The van der Waals surface area contributed by atoms with Crippen molar-refractivity contribution < 1.29 is 9.59 Å². The molecule has 1 aromatic heterocycles. The highest BCUT2D eigenvalue weighted by atomic mass is 32.2. The van der Waals surface area contributed by atoms with E-state index < -0.39 is 0 Å². The van der Waals surface area contributed by atoms with Crippen molar-refractivity contribution in [3.05, 3.63) is 102 Å². The van der Waals surface area contributed by atoms with Crippen molar-refractivity contribution in [1.82, 2.24) is 20.2 Å². The summed E-state index contributed by atoms with van der Waals surface area (Å²) in [5.74, 6) is 1.27. The van der Waals surface area contributed by atoms with Gasteiger partial charge in [-0.2, -0.15) is 11.8 Å². The summed E-state index contributed by atoms with van der Waals surface area (Å²) in [6.07, 6.45) is 2.74. The molecule has 0 radical (unpaired) electrons. The summed E-state index contributed by atoms with van der Waals surface area (Å²) in [6, 6.07) is 26.4. The van der Waals surface area contributed by atoms with Crippen LogP contribution in [0, 0.1) is 0 Å². The number of fused-ring (bicyclic) bond motifs is 1. The Morgan fingerprint density at radius 3 is 2.29 bits per heavy atom.